The molecule has 2 rings (SSSR count). The Kier molecular flexibility index (Phi) is 5.35. The monoisotopic (exact) mass is 341 g/mol. The van der Waals surface area contributed by atoms with Gasteiger partial charge in [-0.25, -0.2) is 9.18 Å². The molecule has 1 heterocycles. The molecule has 0 amide bonds. The van der Waals surface area contributed by atoms with E-state index in [1.165, 1.54) is 29.9 Å². The highest BCUT2D eigenvalue weighted by atomic mass is 35.5. The number of aliphatic hydroxyl groups excluding tert-OH is 1. The van der Waals surface area contributed by atoms with Gasteiger partial charge in [-0.15, -0.1) is 0 Å². The van der Waals surface area contributed by atoms with Gasteiger partial charge in [-0.3, -0.25) is 9.36 Å². The fourth-order valence-corrected chi connectivity index (χ4v) is 2.37. The number of aryl methyl sites for hydroxylation is 1. The van der Waals surface area contributed by atoms with Crippen molar-refractivity contribution in [1.29, 1.82) is 0 Å². The Morgan fingerprint density at radius 2 is 2.04 bits per heavy atom. The number of halogens is 2. The van der Waals surface area contributed by atoms with E-state index in [4.69, 9.17) is 11.6 Å². The van der Waals surface area contributed by atoms with E-state index in [9.17, 15) is 19.1 Å². The Morgan fingerprint density at radius 3 is 2.65 bits per heavy atom. The van der Waals surface area contributed by atoms with Gasteiger partial charge < -0.3 is 15.0 Å². The molecule has 0 fully saturated rings. The Hall–Kier alpha value is -1.96. The van der Waals surface area contributed by atoms with Gasteiger partial charge in [0.2, 0.25) is 0 Å². The molecule has 23 heavy (non-hydrogen) atoms. The van der Waals surface area contributed by atoms with E-state index in [2.05, 4.69) is 5.32 Å². The van der Waals surface area contributed by atoms with E-state index in [-0.39, 0.29) is 18.2 Å². The summed E-state index contributed by atoms with van der Waals surface area (Å²) in [6.07, 6.45) is 1.44. The van der Waals surface area contributed by atoms with E-state index < -0.39 is 23.1 Å². The minimum atomic E-state index is -0.581. The zero-order valence-corrected chi connectivity index (χ0v) is 13.5. The summed E-state index contributed by atoms with van der Waals surface area (Å²) in [6.45, 7) is -0.163. The average molecular weight is 342 g/mol. The second-order valence-electron chi connectivity index (χ2n) is 5.20. The van der Waals surface area contributed by atoms with Crippen LogP contribution in [-0.2, 0) is 20.6 Å². The van der Waals surface area contributed by atoms with E-state index in [0.717, 1.165) is 4.57 Å². The Labute approximate surface area is 136 Å². The minimum Gasteiger partial charge on any atom is -0.394 e. The largest absolute Gasteiger partial charge is 0.394 e. The summed E-state index contributed by atoms with van der Waals surface area (Å²) in [4.78, 5) is 23.7. The van der Waals surface area contributed by atoms with Crippen LogP contribution >= 0.6 is 11.6 Å². The maximum Gasteiger partial charge on any atom is 0.330 e. The summed E-state index contributed by atoms with van der Waals surface area (Å²) in [5, 5.41) is 12.5. The number of nitrogens with one attached hydrogen (secondary N) is 1. The van der Waals surface area contributed by atoms with Crippen LogP contribution in [0.25, 0.3) is 0 Å². The second-order valence-corrected chi connectivity index (χ2v) is 5.61. The summed E-state index contributed by atoms with van der Waals surface area (Å²) in [5.41, 5.74) is 0.0373. The molecule has 0 spiro atoms. The lowest BCUT2D eigenvalue weighted by Crippen LogP contribution is -2.40. The van der Waals surface area contributed by atoms with Crippen LogP contribution in [0.2, 0.25) is 5.02 Å². The molecule has 1 atom stereocenters. The molecular weight excluding hydrogens is 325 g/mol. The van der Waals surface area contributed by atoms with Gasteiger partial charge in [0.15, 0.2) is 0 Å². The van der Waals surface area contributed by atoms with Gasteiger partial charge in [-0.2, -0.15) is 0 Å². The highest BCUT2D eigenvalue weighted by Crippen LogP contribution is 2.20. The van der Waals surface area contributed by atoms with Crippen LogP contribution in [0.1, 0.15) is 17.2 Å². The SMILES string of the molecule is Cn1cc(CNC(CO)c2ccc(Cl)c(F)c2)c(=O)n(C)c1=O. The molecule has 2 aromatic rings. The van der Waals surface area contributed by atoms with Crippen molar-refractivity contribution in [3.63, 3.8) is 0 Å². The summed E-state index contributed by atoms with van der Waals surface area (Å²) in [7, 11) is 2.94. The van der Waals surface area contributed by atoms with Crippen LogP contribution in [0.15, 0.2) is 34.0 Å². The van der Waals surface area contributed by atoms with E-state index in [1.807, 2.05) is 0 Å². The highest BCUT2D eigenvalue weighted by Gasteiger charge is 2.14. The first-order chi connectivity index (χ1) is 10.8. The third-order valence-corrected chi connectivity index (χ3v) is 3.89. The maximum atomic E-state index is 13.5. The molecule has 1 aromatic heterocycles. The van der Waals surface area contributed by atoms with Crippen molar-refractivity contribution >= 4 is 11.6 Å². The van der Waals surface area contributed by atoms with Gasteiger partial charge in [0.1, 0.15) is 5.82 Å². The molecular formula is C15H17ClFN3O3. The fourth-order valence-electron chi connectivity index (χ4n) is 2.25. The predicted octanol–water partition coefficient (Wildman–Crippen LogP) is 0.700. The maximum absolute atomic E-state index is 13.5. The van der Waals surface area contributed by atoms with Crippen LogP contribution in [-0.4, -0.2) is 20.8 Å². The van der Waals surface area contributed by atoms with Crippen LogP contribution in [0.5, 0.6) is 0 Å². The molecule has 0 radical (unpaired) electrons. The molecule has 0 saturated carbocycles. The molecule has 124 valence electrons. The Bertz CT molecular complexity index is 832. The average Bonchev–Trinajstić information content (AvgIpc) is 2.53. The van der Waals surface area contributed by atoms with E-state index in [0.29, 0.717) is 11.1 Å². The van der Waals surface area contributed by atoms with Crippen molar-refractivity contribution in [2.24, 2.45) is 14.1 Å². The topological polar surface area (TPSA) is 76.3 Å². The predicted molar refractivity (Wildman–Crippen MR) is 85.0 cm³/mol. The van der Waals surface area contributed by atoms with Crippen molar-refractivity contribution < 1.29 is 9.50 Å². The number of hydrogen-bond donors (Lipinski definition) is 2. The summed E-state index contributed by atoms with van der Waals surface area (Å²) in [6, 6.07) is 3.67. The van der Waals surface area contributed by atoms with E-state index in [1.54, 1.807) is 13.1 Å². The van der Waals surface area contributed by atoms with Gasteiger partial charge in [-0.05, 0) is 17.7 Å². The molecule has 0 aliphatic rings. The van der Waals surface area contributed by atoms with Crippen LogP contribution in [0.3, 0.4) is 0 Å². The zero-order chi connectivity index (χ0) is 17.1. The third-order valence-electron chi connectivity index (χ3n) is 3.58. The lowest BCUT2D eigenvalue weighted by Gasteiger charge is -2.17. The molecule has 1 unspecified atom stereocenters. The summed E-state index contributed by atoms with van der Waals surface area (Å²) >= 11 is 5.64. The van der Waals surface area contributed by atoms with Crippen LogP contribution in [0.4, 0.5) is 4.39 Å². The fraction of sp³-hybridized carbons (Fsp3) is 0.333. The molecule has 2 N–H and O–H groups in total. The molecule has 6 nitrogen and oxygen atoms in total. The number of nitrogens with zero attached hydrogens (tertiary/aromatic N) is 2. The van der Waals surface area contributed by atoms with Crippen LogP contribution in [0, 0.1) is 5.82 Å². The minimum absolute atomic E-state index is 0.00244. The highest BCUT2D eigenvalue weighted by molar-refractivity contribution is 6.30. The number of aliphatic hydroxyl groups is 1. The molecule has 0 saturated heterocycles. The Morgan fingerprint density at radius 1 is 1.35 bits per heavy atom. The standard InChI is InChI=1S/C15H17ClFN3O3/c1-19-7-10(14(22)20(2)15(19)23)6-18-13(8-21)9-3-4-11(16)12(17)5-9/h3-5,7,13,18,21H,6,8H2,1-2H3. The zero-order valence-electron chi connectivity index (χ0n) is 12.7. The van der Waals surface area contributed by atoms with Gasteiger partial charge in [-0.1, -0.05) is 17.7 Å². The molecule has 1 aromatic carbocycles. The third kappa shape index (κ3) is 3.69. The Balaban J connectivity index is 2.23. The normalized spacial score (nSPS) is 12.4. The molecule has 0 aliphatic heterocycles. The summed E-state index contributed by atoms with van der Waals surface area (Å²) in [5.74, 6) is -0.581. The van der Waals surface area contributed by atoms with Crippen molar-refractivity contribution in [1.82, 2.24) is 14.5 Å². The van der Waals surface area contributed by atoms with Crippen molar-refractivity contribution in [3.05, 3.63) is 67.2 Å². The molecule has 0 aliphatic carbocycles. The van der Waals surface area contributed by atoms with Gasteiger partial charge in [0, 0.05) is 32.4 Å². The number of rotatable bonds is 5. The quantitative estimate of drug-likeness (QED) is 0.839. The smallest absolute Gasteiger partial charge is 0.330 e. The number of hydrogen-bond acceptors (Lipinski definition) is 4. The van der Waals surface area contributed by atoms with Gasteiger partial charge in [0.25, 0.3) is 5.56 Å². The molecule has 8 heteroatoms. The molecule has 0 bridgehead atoms. The van der Waals surface area contributed by atoms with Crippen molar-refractivity contribution in [3.8, 4) is 0 Å². The number of aromatic nitrogens is 2. The first-order valence-corrected chi connectivity index (χ1v) is 7.27. The van der Waals surface area contributed by atoms with Crippen molar-refractivity contribution in [2.45, 2.75) is 12.6 Å². The second kappa shape index (κ2) is 7.08. The first kappa shape index (κ1) is 17.4. The lowest BCUT2D eigenvalue weighted by atomic mass is 10.1. The van der Waals surface area contributed by atoms with Crippen molar-refractivity contribution in [2.75, 3.05) is 6.61 Å². The summed E-state index contributed by atoms with van der Waals surface area (Å²) < 4.78 is 15.8. The lowest BCUT2D eigenvalue weighted by molar-refractivity contribution is 0.243. The van der Waals surface area contributed by atoms with E-state index >= 15 is 0 Å². The number of benzene rings is 1. The van der Waals surface area contributed by atoms with Crippen LogP contribution < -0.4 is 16.6 Å². The van der Waals surface area contributed by atoms with Gasteiger partial charge in [0.05, 0.1) is 17.7 Å². The van der Waals surface area contributed by atoms with Gasteiger partial charge >= 0.3 is 5.69 Å². The first-order valence-electron chi connectivity index (χ1n) is 6.90.